The van der Waals surface area contributed by atoms with Crippen LogP contribution in [0, 0.1) is 21.7 Å². The van der Waals surface area contributed by atoms with Crippen LogP contribution in [0.15, 0.2) is 0 Å². The lowest BCUT2D eigenvalue weighted by molar-refractivity contribution is -0.138. The Morgan fingerprint density at radius 1 is 0.306 bits per heavy atom. The first-order valence-electron chi connectivity index (χ1n) is 18.5. The van der Waals surface area contributed by atoms with Gasteiger partial charge in [-0.05, 0) is 84.0 Å². The van der Waals surface area contributed by atoms with E-state index in [0.717, 1.165) is 77.0 Å². The lowest BCUT2D eigenvalue weighted by atomic mass is 9.89. The van der Waals surface area contributed by atoms with Gasteiger partial charge >= 0.3 is 23.9 Å². The maximum atomic E-state index is 10.2. The Morgan fingerprint density at radius 2 is 0.449 bits per heavy atom. The molecule has 0 unspecified atom stereocenters. The molecule has 0 rings (SSSR count). The Morgan fingerprint density at radius 3 is 0.551 bits per heavy atom. The molecule has 0 aliphatic heterocycles. The molecule has 0 saturated heterocycles. The van der Waals surface area contributed by atoms with Crippen LogP contribution in [-0.2, 0) is 19.2 Å². The van der Waals surface area contributed by atoms with Crippen LogP contribution in [0.1, 0.15) is 212 Å². The Bertz CT molecular complexity index is 676. The van der Waals surface area contributed by atoms with Gasteiger partial charge in [-0.2, -0.15) is 0 Å². The van der Waals surface area contributed by atoms with Gasteiger partial charge in [0.1, 0.15) is 0 Å². The summed E-state index contributed by atoms with van der Waals surface area (Å²) in [7, 11) is 0. The fourth-order valence-corrected chi connectivity index (χ4v) is 4.43. The quantitative estimate of drug-likeness (QED) is 0.0717. The zero-order chi connectivity index (χ0) is 38.5. The van der Waals surface area contributed by atoms with Crippen molar-refractivity contribution in [3.05, 3.63) is 0 Å². The van der Waals surface area contributed by atoms with E-state index in [1.807, 2.05) is 0 Å². The zero-order valence-corrected chi connectivity index (χ0v) is 33.6. The van der Waals surface area contributed by atoms with E-state index in [1.54, 1.807) is 0 Å². The molecule has 0 fully saturated rings. The predicted molar refractivity (Wildman–Crippen MR) is 212 cm³/mol. The summed E-state index contributed by atoms with van der Waals surface area (Å²) in [4.78, 5) is 40.6. The van der Waals surface area contributed by atoms with Crippen molar-refractivity contribution < 1.29 is 39.6 Å². The van der Waals surface area contributed by atoms with E-state index in [0.29, 0.717) is 47.3 Å². The topological polar surface area (TPSA) is 149 Å². The zero-order valence-electron chi connectivity index (χ0n) is 33.6. The monoisotopic (exact) mass is 721 g/mol. The average molecular weight is 721 g/mol. The Balaban J connectivity index is -0.000000174. The molecule has 0 aromatic rings. The molecular formula is C40H84O8Si. The second-order valence-corrected chi connectivity index (χ2v) is 18.1. The standard InChI is InChI=1S/4C10H20O2.H4Si/c4*1-10(2,3)8-6-4-5-7-9(11)12;/h4*4-8H2,1-3H3,(H,11,12);1H4. The molecular weight excluding hydrogens is 637 g/mol. The number of carboxylic acids is 4. The van der Waals surface area contributed by atoms with E-state index >= 15 is 0 Å². The molecule has 49 heavy (non-hydrogen) atoms. The van der Waals surface area contributed by atoms with Gasteiger partial charge in [0, 0.05) is 25.7 Å². The molecule has 4 N–H and O–H groups in total. The maximum Gasteiger partial charge on any atom is 0.303 e. The number of carboxylic acid groups (broad SMARTS) is 4. The summed E-state index contributed by atoms with van der Waals surface area (Å²) in [6.45, 7) is 26.5. The van der Waals surface area contributed by atoms with Crippen LogP contribution < -0.4 is 0 Å². The van der Waals surface area contributed by atoms with Gasteiger partial charge in [0.05, 0.1) is 0 Å². The van der Waals surface area contributed by atoms with Gasteiger partial charge in [-0.1, -0.05) is 134 Å². The number of aliphatic carboxylic acids is 4. The van der Waals surface area contributed by atoms with E-state index in [9.17, 15) is 19.2 Å². The molecule has 0 bridgehead atoms. The molecule has 9 heteroatoms. The van der Waals surface area contributed by atoms with Crippen LogP contribution in [0.5, 0.6) is 0 Å². The van der Waals surface area contributed by atoms with E-state index in [1.165, 1.54) is 25.7 Å². The van der Waals surface area contributed by atoms with Gasteiger partial charge < -0.3 is 20.4 Å². The number of unbranched alkanes of at least 4 members (excludes halogenated alkanes) is 8. The second-order valence-electron chi connectivity index (χ2n) is 18.1. The van der Waals surface area contributed by atoms with Gasteiger partial charge in [-0.3, -0.25) is 19.2 Å². The van der Waals surface area contributed by atoms with Crippen LogP contribution in [0.3, 0.4) is 0 Å². The minimum Gasteiger partial charge on any atom is -0.481 e. The molecule has 0 spiro atoms. The molecule has 0 aromatic heterocycles. The summed E-state index contributed by atoms with van der Waals surface area (Å²) in [5, 5.41) is 33.5. The largest absolute Gasteiger partial charge is 0.481 e. The van der Waals surface area contributed by atoms with Crippen LogP contribution in [-0.4, -0.2) is 55.3 Å². The Hall–Kier alpha value is -1.90. The summed E-state index contributed by atoms with van der Waals surface area (Å²) in [5.74, 6) is -2.70. The molecule has 0 saturated carbocycles. The second kappa shape index (κ2) is 32.0. The van der Waals surface area contributed by atoms with Crippen molar-refractivity contribution in [1.29, 1.82) is 0 Å². The van der Waals surface area contributed by atoms with Crippen LogP contribution in [0.4, 0.5) is 0 Å². The number of rotatable bonds is 20. The fourth-order valence-electron chi connectivity index (χ4n) is 4.43. The molecule has 8 nitrogen and oxygen atoms in total. The Kier molecular flexibility index (Phi) is 36.9. The van der Waals surface area contributed by atoms with Gasteiger partial charge in [0.25, 0.3) is 0 Å². The number of hydrogen-bond donors (Lipinski definition) is 4. The third kappa shape index (κ3) is 77.1. The molecule has 0 amide bonds. The first-order valence-corrected chi connectivity index (χ1v) is 18.5. The van der Waals surface area contributed by atoms with Gasteiger partial charge in [0.15, 0.2) is 0 Å². The average Bonchev–Trinajstić information content (AvgIpc) is 2.85. The highest BCUT2D eigenvalue weighted by Gasteiger charge is 2.11. The van der Waals surface area contributed by atoms with E-state index in [2.05, 4.69) is 83.1 Å². The Labute approximate surface area is 307 Å². The first-order chi connectivity index (χ1) is 21.7. The predicted octanol–water partition coefficient (Wildman–Crippen LogP) is 10.8. The van der Waals surface area contributed by atoms with Crippen LogP contribution in [0.2, 0.25) is 0 Å². The van der Waals surface area contributed by atoms with Crippen molar-refractivity contribution in [2.45, 2.75) is 212 Å². The molecule has 0 aliphatic rings. The lowest BCUT2D eigenvalue weighted by Crippen LogP contribution is -2.04. The number of hydrogen-bond acceptors (Lipinski definition) is 4. The molecule has 0 radical (unpaired) electrons. The van der Waals surface area contributed by atoms with Gasteiger partial charge in [-0.15, -0.1) is 0 Å². The molecule has 296 valence electrons. The summed E-state index contributed by atoms with van der Waals surface area (Å²) in [6, 6.07) is 0. The van der Waals surface area contributed by atoms with Crippen molar-refractivity contribution in [2.24, 2.45) is 21.7 Å². The lowest BCUT2D eigenvalue weighted by Gasteiger charge is -2.17. The highest BCUT2D eigenvalue weighted by molar-refractivity contribution is 5.75. The third-order valence-corrected chi connectivity index (χ3v) is 7.27. The minimum atomic E-state index is -0.675. The molecule has 0 aliphatic carbocycles. The fraction of sp³-hybridized carbons (Fsp3) is 0.900. The summed E-state index contributed by atoms with van der Waals surface area (Å²) in [6.07, 6.45) is 18.1. The van der Waals surface area contributed by atoms with Gasteiger partial charge in [-0.25, -0.2) is 0 Å². The summed E-state index contributed by atoms with van der Waals surface area (Å²) < 4.78 is 0. The van der Waals surface area contributed by atoms with E-state index in [-0.39, 0.29) is 11.0 Å². The maximum absolute atomic E-state index is 10.2. The van der Waals surface area contributed by atoms with E-state index < -0.39 is 23.9 Å². The van der Waals surface area contributed by atoms with Crippen molar-refractivity contribution in [1.82, 2.24) is 0 Å². The number of carbonyl (C=O) groups is 4. The van der Waals surface area contributed by atoms with Crippen LogP contribution in [0.25, 0.3) is 0 Å². The molecule has 0 heterocycles. The first kappa shape index (κ1) is 56.5. The molecule has 0 aromatic carbocycles. The highest BCUT2D eigenvalue weighted by Crippen LogP contribution is 2.24. The molecule has 0 atom stereocenters. The summed E-state index contributed by atoms with van der Waals surface area (Å²) >= 11 is 0. The highest BCUT2D eigenvalue weighted by atomic mass is 28.1. The van der Waals surface area contributed by atoms with Crippen molar-refractivity contribution in [3.63, 3.8) is 0 Å². The third-order valence-electron chi connectivity index (χ3n) is 7.27. The van der Waals surface area contributed by atoms with Crippen molar-refractivity contribution in [2.75, 3.05) is 0 Å². The summed E-state index contributed by atoms with van der Waals surface area (Å²) in [5.41, 5.74) is 1.57. The minimum absolute atomic E-state index is 0. The van der Waals surface area contributed by atoms with Crippen molar-refractivity contribution >= 4 is 34.8 Å². The smallest absolute Gasteiger partial charge is 0.303 e. The normalized spacial score (nSPS) is 11.3. The van der Waals surface area contributed by atoms with Crippen LogP contribution >= 0.6 is 0 Å². The SMILES string of the molecule is CC(C)(C)CCCCCC(=O)O.CC(C)(C)CCCCCC(=O)O.CC(C)(C)CCCCCC(=O)O.CC(C)(C)CCCCCC(=O)O.[SiH4]. The van der Waals surface area contributed by atoms with E-state index in [4.69, 9.17) is 20.4 Å². The van der Waals surface area contributed by atoms with Crippen molar-refractivity contribution in [3.8, 4) is 0 Å². The van der Waals surface area contributed by atoms with Gasteiger partial charge in [0.2, 0.25) is 0 Å².